The molecule has 0 amide bonds. The molecule has 0 aliphatic carbocycles. The molecular formula is C22H35N3O. The minimum atomic E-state index is 0.380. The normalized spacial score (nSPS) is 27.7. The number of hydrogen-bond acceptors (Lipinski definition) is 4. The maximum Gasteiger partial charge on any atom is 0.0460 e. The molecule has 3 fully saturated rings. The summed E-state index contributed by atoms with van der Waals surface area (Å²) in [4.78, 5) is 8.07. The summed E-state index contributed by atoms with van der Waals surface area (Å²) in [6.45, 7) is 7.70. The summed E-state index contributed by atoms with van der Waals surface area (Å²) in [5.41, 5.74) is 1.38. The van der Waals surface area contributed by atoms with Crippen molar-refractivity contribution in [3.8, 4) is 0 Å². The second kappa shape index (κ2) is 8.73. The molecule has 26 heavy (non-hydrogen) atoms. The van der Waals surface area contributed by atoms with E-state index in [0.29, 0.717) is 12.5 Å². The number of benzene rings is 1. The van der Waals surface area contributed by atoms with Crippen molar-refractivity contribution in [1.29, 1.82) is 0 Å². The summed E-state index contributed by atoms with van der Waals surface area (Å²) in [6.07, 6.45) is 7.68. The predicted octanol–water partition coefficient (Wildman–Crippen LogP) is 2.82. The van der Waals surface area contributed by atoms with Crippen LogP contribution in [0.3, 0.4) is 0 Å². The van der Waals surface area contributed by atoms with E-state index in [0.717, 1.165) is 12.1 Å². The van der Waals surface area contributed by atoms with E-state index >= 15 is 0 Å². The molecule has 3 aliphatic heterocycles. The number of rotatable bonds is 4. The van der Waals surface area contributed by atoms with Gasteiger partial charge in [-0.05, 0) is 76.2 Å². The molecule has 0 radical (unpaired) electrons. The lowest BCUT2D eigenvalue weighted by Crippen LogP contribution is -2.54. The molecule has 0 saturated carbocycles. The summed E-state index contributed by atoms with van der Waals surface area (Å²) < 4.78 is 0. The van der Waals surface area contributed by atoms with Gasteiger partial charge < -0.3 is 10.0 Å². The minimum absolute atomic E-state index is 0.380. The molecule has 144 valence electrons. The number of hydrogen-bond donors (Lipinski definition) is 1. The van der Waals surface area contributed by atoms with Crippen molar-refractivity contribution in [3.05, 3.63) is 30.3 Å². The van der Waals surface area contributed by atoms with Crippen LogP contribution in [0.5, 0.6) is 0 Å². The molecule has 4 rings (SSSR count). The van der Waals surface area contributed by atoms with Crippen molar-refractivity contribution in [2.75, 3.05) is 50.8 Å². The highest BCUT2D eigenvalue weighted by atomic mass is 16.3. The molecule has 1 N–H and O–H groups in total. The molecule has 1 atom stereocenters. The number of piperidine rings is 3. The Balaban J connectivity index is 1.27. The highest BCUT2D eigenvalue weighted by Gasteiger charge is 2.32. The predicted molar refractivity (Wildman–Crippen MR) is 108 cm³/mol. The Morgan fingerprint density at radius 1 is 0.769 bits per heavy atom. The van der Waals surface area contributed by atoms with Crippen LogP contribution in [0.15, 0.2) is 30.3 Å². The summed E-state index contributed by atoms with van der Waals surface area (Å²) in [5.74, 6) is 0.549. The maximum absolute atomic E-state index is 9.37. The van der Waals surface area contributed by atoms with Gasteiger partial charge in [0, 0.05) is 44.0 Å². The molecular weight excluding hydrogens is 322 g/mol. The largest absolute Gasteiger partial charge is 0.396 e. The standard InChI is InChI=1S/C22H35N3O/c26-18-19-8-13-24(14-9-19)22-7-4-12-25(17-22)21-10-15-23(16-11-21)20-5-2-1-3-6-20/h1-3,5-6,19,21-22,26H,4,7-18H2/t22-/m0/s1. The van der Waals surface area contributed by atoms with Crippen molar-refractivity contribution in [2.45, 2.75) is 50.6 Å². The number of likely N-dealkylation sites (tertiary alicyclic amines) is 2. The molecule has 4 heteroatoms. The van der Waals surface area contributed by atoms with Crippen LogP contribution >= 0.6 is 0 Å². The van der Waals surface area contributed by atoms with Crippen molar-refractivity contribution >= 4 is 5.69 Å². The van der Waals surface area contributed by atoms with E-state index in [-0.39, 0.29) is 0 Å². The van der Waals surface area contributed by atoms with Gasteiger partial charge in [-0.25, -0.2) is 0 Å². The van der Waals surface area contributed by atoms with E-state index < -0.39 is 0 Å². The van der Waals surface area contributed by atoms with Gasteiger partial charge in [-0.2, -0.15) is 0 Å². The average Bonchev–Trinajstić information content (AvgIpc) is 2.75. The van der Waals surface area contributed by atoms with Crippen LogP contribution in [0.4, 0.5) is 5.69 Å². The molecule has 0 bridgehead atoms. The van der Waals surface area contributed by atoms with Crippen LogP contribution in [0.1, 0.15) is 38.5 Å². The Kier molecular flexibility index (Phi) is 6.13. The molecule has 4 nitrogen and oxygen atoms in total. The first kappa shape index (κ1) is 18.3. The lowest BCUT2D eigenvalue weighted by Gasteiger charge is -2.46. The van der Waals surface area contributed by atoms with Crippen LogP contribution in [0.2, 0.25) is 0 Å². The number of anilines is 1. The summed E-state index contributed by atoms with van der Waals surface area (Å²) in [5, 5.41) is 9.37. The fraction of sp³-hybridized carbons (Fsp3) is 0.727. The highest BCUT2D eigenvalue weighted by Crippen LogP contribution is 2.27. The van der Waals surface area contributed by atoms with Gasteiger partial charge in [0.1, 0.15) is 0 Å². The lowest BCUT2D eigenvalue weighted by atomic mass is 9.93. The molecule has 0 unspecified atom stereocenters. The molecule has 3 heterocycles. The molecule has 0 spiro atoms. The number of aliphatic hydroxyl groups is 1. The van der Waals surface area contributed by atoms with E-state index in [1.165, 1.54) is 83.5 Å². The zero-order valence-electron chi connectivity index (χ0n) is 16.1. The quantitative estimate of drug-likeness (QED) is 0.897. The Morgan fingerprint density at radius 3 is 2.19 bits per heavy atom. The maximum atomic E-state index is 9.37. The first-order valence-corrected chi connectivity index (χ1v) is 10.7. The van der Waals surface area contributed by atoms with E-state index in [1.54, 1.807) is 0 Å². The van der Waals surface area contributed by atoms with Crippen molar-refractivity contribution in [1.82, 2.24) is 9.80 Å². The zero-order valence-corrected chi connectivity index (χ0v) is 16.1. The van der Waals surface area contributed by atoms with Crippen molar-refractivity contribution in [3.63, 3.8) is 0 Å². The van der Waals surface area contributed by atoms with Gasteiger partial charge in [0.15, 0.2) is 0 Å². The van der Waals surface area contributed by atoms with Gasteiger partial charge in [-0.15, -0.1) is 0 Å². The Morgan fingerprint density at radius 2 is 1.50 bits per heavy atom. The Hall–Kier alpha value is -1.10. The van der Waals surface area contributed by atoms with Gasteiger partial charge in [0.05, 0.1) is 0 Å². The van der Waals surface area contributed by atoms with Gasteiger partial charge in [-0.1, -0.05) is 18.2 Å². The third-order valence-corrected chi connectivity index (χ3v) is 6.95. The van der Waals surface area contributed by atoms with Crippen LogP contribution in [0.25, 0.3) is 0 Å². The van der Waals surface area contributed by atoms with E-state index in [9.17, 15) is 5.11 Å². The van der Waals surface area contributed by atoms with Gasteiger partial charge in [0.2, 0.25) is 0 Å². The highest BCUT2D eigenvalue weighted by molar-refractivity contribution is 5.46. The molecule has 0 aromatic heterocycles. The van der Waals surface area contributed by atoms with E-state index in [4.69, 9.17) is 0 Å². The van der Waals surface area contributed by atoms with E-state index in [1.807, 2.05) is 0 Å². The van der Waals surface area contributed by atoms with Crippen LogP contribution in [-0.2, 0) is 0 Å². The van der Waals surface area contributed by atoms with E-state index in [2.05, 4.69) is 45.0 Å². The second-order valence-electron chi connectivity index (χ2n) is 8.51. The van der Waals surface area contributed by atoms with Crippen LogP contribution < -0.4 is 4.90 Å². The SMILES string of the molecule is OCC1CCN([C@H]2CCCN(C3CCN(c4ccccc4)CC3)C2)CC1. The summed E-state index contributed by atoms with van der Waals surface area (Å²) in [6, 6.07) is 12.4. The fourth-order valence-electron chi connectivity index (χ4n) is 5.24. The van der Waals surface area contributed by atoms with Crippen molar-refractivity contribution in [2.24, 2.45) is 5.92 Å². The number of nitrogens with zero attached hydrogens (tertiary/aromatic N) is 3. The third kappa shape index (κ3) is 4.24. The Labute approximate surface area is 158 Å². The summed E-state index contributed by atoms with van der Waals surface area (Å²) >= 11 is 0. The smallest absolute Gasteiger partial charge is 0.0460 e. The number of aliphatic hydroxyl groups excluding tert-OH is 1. The topological polar surface area (TPSA) is 30.0 Å². The van der Waals surface area contributed by atoms with Gasteiger partial charge >= 0.3 is 0 Å². The van der Waals surface area contributed by atoms with Gasteiger partial charge in [0.25, 0.3) is 0 Å². The van der Waals surface area contributed by atoms with Crippen LogP contribution in [-0.4, -0.2) is 72.9 Å². The number of para-hydroxylation sites is 1. The zero-order chi connectivity index (χ0) is 17.8. The van der Waals surface area contributed by atoms with Crippen LogP contribution in [0, 0.1) is 5.92 Å². The Bertz CT molecular complexity index is 536. The average molecular weight is 358 g/mol. The minimum Gasteiger partial charge on any atom is -0.396 e. The second-order valence-corrected chi connectivity index (χ2v) is 8.51. The molecule has 1 aromatic carbocycles. The third-order valence-electron chi connectivity index (χ3n) is 6.95. The molecule has 3 saturated heterocycles. The van der Waals surface area contributed by atoms with Gasteiger partial charge in [-0.3, -0.25) is 9.80 Å². The molecule has 1 aromatic rings. The summed E-state index contributed by atoms with van der Waals surface area (Å²) in [7, 11) is 0. The van der Waals surface area contributed by atoms with Crippen molar-refractivity contribution < 1.29 is 5.11 Å². The monoisotopic (exact) mass is 357 g/mol. The fourth-order valence-corrected chi connectivity index (χ4v) is 5.24. The first-order chi connectivity index (χ1) is 12.8. The first-order valence-electron chi connectivity index (χ1n) is 10.7. The molecule has 3 aliphatic rings. The lowest BCUT2D eigenvalue weighted by molar-refractivity contribution is 0.0368.